The van der Waals surface area contributed by atoms with Gasteiger partial charge in [-0.15, -0.1) is 0 Å². The Morgan fingerprint density at radius 3 is 2.54 bits per heavy atom. The Bertz CT molecular complexity index is 1160. The molecule has 10 heteroatoms. The maximum atomic E-state index is 13.4. The largest absolute Gasteiger partial charge is 0.463 e. The Balaban J connectivity index is 1.79. The predicted molar refractivity (Wildman–Crippen MR) is 150 cm³/mol. The molecule has 0 saturated carbocycles. The topological polar surface area (TPSA) is 114 Å². The lowest BCUT2D eigenvalue weighted by Gasteiger charge is -2.39. The monoisotopic (exact) mass is 556 g/mol. The number of carbonyl (C=O) groups excluding carboxylic acids is 3. The molecule has 0 bridgehead atoms. The third kappa shape index (κ3) is 8.29. The number of ether oxygens (including phenoxy) is 2. The molecule has 3 amide bonds. The van der Waals surface area contributed by atoms with E-state index in [4.69, 9.17) is 26.8 Å². The van der Waals surface area contributed by atoms with Gasteiger partial charge >= 0.3 is 12.0 Å². The van der Waals surface area contributed by atoms with Gasteiger partial charge in [0.15, 0.2) is 0 Å². The van der Waals surface area contributed by atoms with Gasteiger partial charge in [0, 0.05) is 38.1 Å². The number of rotatable bonds is 14. The molecule has 39 heavy (non-hydrogen) atoms. The molecule has 2 aromatic rings. The van der Waals surface area contributed by atoms with E-state index < -0.39 is 18.0 Å². The van der Waals surface area contributed by atoms with Crippen LogP contribution in [0.15, 0.2) is 65.9 Å². The molecule has 1 heterocycles. The maximum Gasteiger partial charge on any atom is 0.338 e. The lowest BCUT2D eigenvalue weighted by atomic mass is 9.93. The second-order valence-electron chi connectivity index (χ2n) is 9.16. The van der Waals surface area contributed by atoms with E-state index in [-0.39, 0.29) is 37.8 Å². The van der Waals surface area contributed by atoms with E-state index in [2.05, 4.69) is 5.32 Å². The van der Waals surface area contributed by atoms with Crippen LogP contribution in [0.3, 0.4) is 0 Å². The highest BCUT2D eigenvalue weighted by atomic mass is 35.5. The highest BCUT2D eigenvalue weighted by Crippen LogP contribution is 2.38. The van der Waals surface area contributed by atoms with E-state index in [1.54, 1.807) is 48.0 Å². The third-order valence-corrected chi connectivity index (χ3v) is 6.77. The molecule has 3 N–H and O–H groups in total. The van der Waals surface area contributed by atoms with Crippen molar-refractivity contribution in [3.05, 3.63) is 82.0 Å². The summed E-state index contributed by atoms with van der Waals surface area (Å²) in [7, 11) is 1.76. The first-order valence-corrected chi connectivity index (χ1v) is 13.5. The molecule has 0 aromatic heterocycles. The van der Waals surface area contributed by atoms with Gasteiger partial charge in [0.05, 0.1) is 37.1 Å². The van der Waals surface area contributed by atoms with E-state index in [1.165, 1.54) is 0 Å². The number of amides is 3. The number of nitrogens with two attached hydrogens (primary N) is 1. The van der Waals surface area contributed by atoms with Crippen LogP contribution in [0.2, 0.25) is 5.02 Å². The highest BCUT2D eigenvalue weighted by Gasteiger charge is 2.40. The van der Waals surface area contributed by atoms with Crippen LogP contribution in [-0.4, -0.2) is 74.2 Å². The third-order valence-electron chi connectivity index (χ3n) is 6.42. The lowest BCUT2D eigenvalue weighted by Crippen LogP contribution is -2.50. The Morgan fingerprint density at radius 1 is 1.13 bits per heavy atom. The SMILES string of the molecule is CCOC(=O)C1=C(COCCN)NC(=O)N(CCCN(C)C(=O)CCc2ccccc2)C1c1ccccc1Cl. The molecular formula is C29H37ClN4O5. The average Bonchev–Trinajstić information content (AvgIpc) is 2.93. The minimum absolute atomic E-state index is 0.00939. The molecule has 3 rings (SSSR count). The first kappa shape index (κ1) is 30.1. The van der Waals surface area contributed by atoms with Gasteiger partial charge < -0.3 is 30.3 Å². The first-order chi connectivity index (χ1) is 18.9. The van der Waals surface area contributed by atoms with Crippen LogP contribution in [0.25, 0.3) is 0 Å². The fourth-order valence-electron chi connectivity index (χ4n) is 4.46. The van der Waals surface area contributed by atoms with Gasteiger partial charge in [0.1, 0.15) is 0 Å². The number of nitrogens with zero attached hydrogens (tertiary/aromatic N) is 2. The fourth-order valence-corrected chi connectivity index (χ4v) is 4.70. The normalized spacial score (nSPS) is 15.2. The van der Waals surface area contributed by atoms with Crippen LogP contribution in [0.5, 0.6) is 0 Å². The first-order valence-electron chi connectivity index (χ1n) is 13.1. The second-order valence-corrected chi connectivity index (χ2v) is 9.56. The summed E-state index contributed by atoms with van der Waals surface area (Å²) >= 11 is 6.57. The van der Waals surface area contributed by atoms with E-state index >= 15 is 0 Å². The van der Waals surface area contributed by atoms with Gasteiger partial charge in [-0.3, -0.25) is 4.79 Å². The fraction of sp³-hybridized carbons (Fsp3) is 0.414. The zero-order valence-electron chi connectivity index (χ0n) is 22.5. The molecule has 210 valence electrons. The molecule has 0 aliphatic carbocycles. The molecule has 0 spiro atoms. The van der Waals surface area contributed by atoms with Gasteiger partial charge in [0.25, 0.3) is 0 Å². The van der Waals surface area contributed by atoms with Crippen molar-refractivity contribution in [1.29, 1.82) is 0 Å². The van der Waals surface area contributed by atoms with Crippen molar-refractivity contribution in [1.82, 2.24) is 15.1 Å². The average molecular weight is 557 g/mol. The summed E-state index contributed by atoms with van der Waals surface area (Å²) in [5.74, 6) is -0.539. The van der Waals surface area contributed by atoms with Crippen molar-refractivity contribution in [2.75, 3.05) is 46.5 Å². The van der Waals surface area contributed by atoms with Crippen LogP contribution in [0.1, 0.15) is 36.9 Å². The number of hydrogen-bond acceptors (Lipinski definition) is 6. The molecule has 2 aromatic carbocycles. The zero-order valence-corrected chi connectivity index (χ0v) is 23.3. The van der Waals surface area contributed by atoms with Crippen molar-refractivity contribution >= 4 is 29.5 Å². The van der Waals surface area contributed by atoms with E-state index in [9.17, 15) is 14.4 Å². The molecule has 1 aliphatic heterocycles. The molecule has 1 unspecified atom stereocenters. The van der Waals surface area contributed by atoms with Gasteiger partial charge in [-0.2, -0.15) is 0 Å². The van der Waals surface area contributed by atoms with Crippen LogP contribution >= 0.6 is 11.6 Å². The molecular weight excluding hydrogens is 520 g/mol. The number of urea groups is 1. The quantitative estimate of drug-likeness (QED) is 0.271. The molecule has 9 nitrogen and oxygen atoms in total. The summed E-state index contributed by atoms with van der Waals surface area (Å²) < 4.78 is 11.0. The summed E-state index contributed by atoms with van der Waals surface area (Å²) in [5, 5.41) is 3.23. The van der Waals surface area contributed by atoms with Crippen LogP contribution in [0.4, 0.5) is 4.79 Å². The number of esters is 1. The number of carbonyl (C=O) groups is 3. The highest BCUT2D eigenvalue weighted by molar-refractivity contribution is 6.31. The lowest BCUT2D eigenvalue weighted by molar-refractivity contribution is -0.139. The molecule has 1 aliphatic rings. The number of aryl methyl sites for hydroxylation is 1. The van der Waals surface area contributed by atoms with Crippen LogP contribution in [0, 0.1) is 0 Å². The van der Waals surface area contributed by atoms with E-state index in [0.717, 1.165) is 5.56 Å². The summed E-state index contributed by atoms with van der Waals surface area (Å²) in [6.45, 7) is 3.16. The van der Waals surface area contributed by atoms with Crippen LogP contribution in [-0.2, 0) is 25.5 Å². The van der Waals surface area contributed by atoms with Crippen molar-refractivity contribution in [2.45, 2.75) is 32.2 Å². The standard InChI is InChI=1S/C29H37ClN4O5/c1-3-39-28(36)26-24(20-38-19-16-31)32-29(37)34(27(26)22-12-7-8-13-23(22)30)18-9-17-33(2)25(35)15-14-21-10-5-4-6-11-21/h4-8,10-13,27H,3,9,14-20,31H2,1-2H3,(H,32,37). The van der Waals surface area contributed by atoms with Crippen LogP contribution < -0.4 is 11.1 Å². The minimum atomic E-state index is -0.790. The number of hydrogen-bond donors (Lipinski definition) is 2. The Morgan fingerprint density at radius 2 is 1.85 bits per heavy atom. The molecule has 1 atom stereocenters. The Labute approximate surface area is 234 Å². The molecule has 0 saturated heterocycles. The minimum Gasteiger partial charge on any atom is -0.463 e. The van der Waals surface area contributed by atoms with Crippen molar-refractivity contribution in [3.63, 3.8) is 0 Å². The summed E-state index contributed by atoms with van der Waals surface area (Å²) in [6, 6.07) is 15.8. The van der Waals surface area contributed by atoms with Gasteiger partial charge in [-0.05, 0) is 37.0 Å². The Hall–Kier alpha value is -3.40. The van der Waals surface area contributed by atoms with Crippen molar-refractivity contribution in [2.24, 2.45) is 5.73 Å². The van der Waals surface area contributed by atoms with E-state index in [1.807, 2.05) is 30.3 Å². The van der Waals surface area contributed by atoms with Crippen molar-refractivity contribution in [3.8, 4) is 0 Å². The smallest absolute Gasteiger partial charge is 0.338 e. The van der Waals surface area contributed by atoms with Gasteiger partial charge in [0.2, 0.25) is 5.91 Å². The molecule has 0 fully saturated rings. The summed E-state index contributed by atoms with van der Waals surface area (Å²) in [4.78, 5) is 42.5. The predicted octanol–water partition coefficient (Wildman–Crippen LogP) is 3.68. The van der Waals surface area contributed by atoms with Gasteiger partial charge in [-0.25, -0.2) is 9.59 Å². The number of nitrogens with one attached hydrogen (secondary N) is 1. The molecule has 0 radical (unpaired) electrons. The second kappa shape index (κ2) is 15.3. The Kier molecular flexibility index (Phi) is 11.8. The van der Waals surface area contributed by atoms with Crippen molar-refractivity contribution < 1.29 is 23.9 Å². The summed E-state index contributed by atoms with van der Waals surface area (Å²) in [5.41, 5.74) is 7.83. The van der Waals surface area contributed by atoms with Gasteiger partial charge in [-0.1, -0.05) is 60.1 Å². The number of halogens is 1. The van der Waals surface area contributed by atoms with E-state index in [0.29, 0.717) is 48.6 Å². The summed E-state index contributed by atoms with van der Waals surface area (Å²) in [6.07, 6.45) is 1.56. The maximum absolute atomic E-state index is 13.4. The zero-order chi connectivity index (χ0) is 28.2. The number of benzene rings is 2.